The second kappa shape index (κ2) is 7.64. The number of nitrogens with zero attached hydrogens (tertiary/aromatic N) is 3. The van der Waals surface area contributed by atoms with Crippen LogP contribution in [0.5, 0.6) is 0 Å². The van der Waals surface area contributed by atoms with Gasteiger partial charge in [-0.2, -0.15) is 0 Å². The van der Waals surface area contributed by atoms with Gasteiger partial charge in [0.2, 0.25) is 0 Å². The van der Waals surface area contributed by atoms with Gasteiger partial charge in [0.25, 0.3) is 0 Å². The maximum absolute atomic E-state index is 10.7. The van der Waals surface area contributed by atoms with Gasteiger partial charge in [-0.25, -0.2) is 0 Å². The fourth-order valence-electron chi connectivity index (χ4n) is 2.00. The molecular formula is C18H13N3O2Se. The zero-order valence-corrected chi connectivity index (χ0v) is 14.3. The molecule has 0 bridgehead atoms. The van der Waals surface area contributed by atoms with E-state index in [9.17, 15) is 10.1 Å². The predicted molar refractivity (Wildman–Crippen MR) is 95.2 cm³/mol. The molecule has 118 valence electrons. The van der Waals surface area contributed by atoms with E-state index in [1.165, 1.54) is 12.1 Å². The fraction of sp³-hybridized carbons (Fsp3) is 0. The van der Waals surface area contributed by atoms with Crippen LogP contribution in [0, 0.1) is 10.1 Å². The molecule has 0 radical (unpaired) electrons. The van der Waals surface area contributed by atoms with Crippen LogP contribution < -0.4 is 8.92 Å². The van der Waals surface area contributed by atoms with E-state index in [-0.39, 0.29) is 20.6 Å². The number of nitro groups is 1. The molecule has 6 heteroatoms. The second-order valence-corrected chi connectivity index (χ2v) is 7.20. The van der Waals surface area contributed by atoms with Gasteiger partial charge in [0.1, 0.15) is 0 Å². The Morgan fingerprint density at radius 1 is 0.792 bits per heavy atom. The minimum atomic E-state index is -0.390. The number of hydrogen-bond donors (Lipinski definition) is 0. The van der Waals surface area contributed by atoms with Crippen LogP contribution in [0.2, 0.25) is 0 Å². The van der Waals surface area contributed by atoms with Crippen LogP contribution in [0.1, 0.15) is 0 Å². The van der Waals surface area contributed by atoms with E-state index in [2.05, 4.69) is 10.2 Å². The zero-order chi connectivity index (χ0) is 16.8. The predicted octanol–water partition coefficient (Wildman–Crippen LogP) is 3.67. The standard InChI is InChI=1S/C18H13N3O2Se/c22-21(23)15-10-12-16(13-11-15)24-18-9-5-4-8-17(18)20-19-14-6-2-1-3-7-14/h1-13H. The third kappa shape index (κ3) is 4.13. The first-order valence-corrected chi connectivity index (χ1v) is 8.92. The second-order valence-electron chi connectivity index (χ2n) is 4.86. The van der Waals surface area contributed by atoms with E-state index < -0.39 is 4.92 Å². The molecule has 0 saturated carbocycles. The van der Waals surface area contributed by atoms with Crippen molar-refractivity contribution in [3.8, 4) is 0 Å². The number of rotatable bonds is 5. The molecule has 0 saturated heterocycles. The van der Waals surface area contributed by atoms with Crippen molar-refractivity contribution in [2.75, 3.05) is 0 Å². The van der Waals surface area contributed by atoms with Crippen LogP contribution in [0.25, 0.3) is 0 Å². The van der Waals surface area contributed by atoms with Gasteiger partial charge in [-0.1, -0.05) is 0 Å². The van der Waals surface area contributed by atoms with Crippen molar-refractivity contribution >= 4 is 40.9 Å². The first-order chi connectivity index (χ1) is 11.7. The summed E-state index contributed by atoms with van der Waals surface area (Å²) < 4.78 is 2.13. The summed E-state index contributed by atoms with van der Waals surface area (Å²) in [6.45, 7) is 0. The van der Waals surface area contributed by atoms with Crippen molar-refractivity contribution in [2.24, 2.45) is 10.2 Å². The quantitative estimate of drug-likeness (QED) is 0.293. The summed E-state index contributed by atoms with van der Waals surface area (Å²) in [6, 6.07) is 24.0. The first-order valence-electron chi connectivity index (χ1n) is 7.20. The van der Waals surface area contributed by atoms with Gasteiger partial charge in [-0.3, -0.25) is 0 Å². The molecule has 3 rings (SSSR count). The third-order valence-corrected chi connectivity index (χ3v) is 5.42. The van der Waals surface area contributed by atoms with E-state index in [1.807, 2.05) is 54.6 Å². The average molecular weight is 382 g/mol. The van der Waals surface area contributed by atoms with Crippen LogP contribution in [-0.2, 0) is 0 Å². The molecule has 3 aromatic rings. The number of non-ortho nitro benzene ring substituents is 1. The Bertz CT molecular complexity index is 865. The molecule has 0 aliphatic heterocycles. The maximum atomic E-state index is 10.7. The SMILES string of the molecule is O=[N+]([O-])c1ccc([Se]c2ccccc2N=Nc2ccccc2)cc1. The van der Waals surface area contributed by atoms with Crippen LogP contribution in [-0.4, -0.2) is 19.9 Å². The van der Waals surface area contributed by atoms with Crippen molar-refractivity contribution < 1.29 is 4.92 Å². The zero-order valence-electron chi connectivity index (χ0n) is 12.6. The third-order valence-electron chi connectivity index (χ3n) is 3.17. The van der Waals surface area contributed by atoms with Gasteiger partial charge >= 0.3 is 145 Å². The Kier molecular flexibility index (Phi) is 5.11. The molecule has 3 aromatic carbocycles. The molecule has 24 heavy (non-hydrogen) atoms. The topological polar surface area (TPSA) is 67.9 Å². The Labute approximate surface area is 145 Å². The van der Waals surface area contributed by atoms with Crippen LogP contribution in [0.4, 0.5) is 17.1 Å². The monoisotopic (exact) mass is 383 g/mol. The first kappa shape index (κ1) is 16.1. The van der Waals surface area contributed by atoms with Gasteiger partial charge in [0.15, 0.2) is 0 Å². The van der Waals surface area contributed by atoms with E-state index in [1.54, 1.807) is 12.1 Å². The number of nitro benzene ring substituents is 1. The van der Waals surface area contributed by atoms with E-state index in [4.69, 9.17) is 0 Å². The Hall–Kier alpha value is -2.82. The molecule has 0 unspecified atom stereocenters. The van der Waals surface area contributed by atoms with Gasteiger partial charge in [0.05, 0.1) is 0 Å². The summed E-state index contributed by atoms with van der Waals surface area (Å²) >= 11 is 0.00142. The molecule has 0 heterocycles. The number of azo groups is 1. The van der Waals surface area contributed by atoms with Gasteiger partial charge in [-0.15, -0.1) is 0 Å². The summed E-state index contributed by atoms with van der Waals surface area (Å²) in [7, 11) is 0. The molecule has 0 atom stereocenters. The van der Waals surface area contributed by atoms with Crippen molar-refractivity contribution in [1.82, 2.24) is 0 Å². The molecule has 0 aromatic heterocycles. The Balaban J connectivity index is 1.81. The normalized spacial score (nSPS) is 10.8. The van der Waals surface area contributed by atoms with E-state index in [0.29, 0.717) is 0 Å². The molecule has 0 fully saturated rings. The summed E-state index contributed by atoms with van der Waals surface area (Å²) in [5.41, 5.74) is 1.72. The summed E-state index contributed by atoms with van der Waals surface area (Å²) in [6.07, 6.45) is 0. The van der Waals surface area contributed by atoms with Crippen molar-refractivity contribution in [3.63, 3.8) is 0 Å². The molecular weight excluding hydrogens is 369 g/mol. The Morgan fingerprint density at radius 2 is 1.46 bits per heavy atom. The number of hydrogen-bond acceptors (Lipinski definition) is 4. The molecule has 0 amide bonds. The Morgan fingerprint density at radius 3 is 2.17 bits per heavy atom. The molecule has 0 aliphatic rings. The van der Waals surface area contributed by atoms with Crippen molar-refractivity contribution in [3.05, 3.63) is 89.0 Å². The molecule has 0 aliphatic carbocycles. The van der Waals surface area contributed by atoms with Crippen LogP contribution in [0.15, 0.2) is 89.1 Å². The van der Waals surface area contributed by atoms with Gasteiger partial charge in [0, 0.05) is 0 Å². The van der Waals surface area contributed by atoms with E-state index in [0.717, 1.165) is 20.3 Å². The van der Waals surface area contributed by atoms with Crippen LogP contribution >= 0.6 is 0 Å². The summed E-state index contributed by atoms with van der Waals surface area (Å²) in [4.78, 5) is 10.3. The minimum absolute atomic E-state index is 0.00142. The van der Waals surface area contributed by atoms with E-state index >= 15 is 0 Å². The van der Waals surface area contributed by atoms with Gasteiger partial charge < -0.3 is 0 Å². The number of benzene rings is 3. The van der Waals surface area contributed by atoms with Crippen molar-refractivity contribution in [2.45, 2.75) is 0 Å². The summed E-state index contributed by atoms with van der Waals surface area (Å²) in [5, 5.41) is 19.3. The molecule has 0 N–H and O–H groups in total. The van der Waals surface area contributed by atoms with Crippen LogP contribution in [0.3, 0.4) is 0 Å². The molecule has 0 spiro atoms. The average Bonchev–Trinajstić information content (AvgIpc) is 2.62. The molecule has 5 nitrogen and oxygen atoms in total. The van der Waals surface area contributed by atoms with Gasteiger partial charge in [-0.05, 0) is 0 Å². The fourth-order valence-corrected chi connectivity index (χ4v) is 3.85. The van der Waals surface area contributed by atoms with Crippen molar-refractivity contribution in [1.29, 1.82) is 0 Å². The summed E-state index contributed by atoms with van der Waals surface area (Å²) in [5.74, 6) is 0.